The molecule has 3 heteroatoms. The van der Waals surface area contributed by atoms with Gasteiger partial charge < -0.3 is 9.84 Å². The van der Waals surface area contributed by atoms with Crippen molar-refractivity contribution >= 4 is 5.78 Å². The molecule has 2 aliphatic rings. The average molecular weight is 396 g/mol. The molecule has 3 nitrogen and oxygen atoms in total. The summed E-state index contributed by atoms with van der Waals surface area (Å²) in [5.74, 6) is 0.200. The molecule has 0 saturated heterocycles. The fourth-order valence-corrected chi connectivity index (χ4v) is 4.85. The molecule has 3 aromatic rings. The van der Waals surface area contributed by atoms with Crippen LogP contribution in [0.4, 0.5) is 0 Å². The highest BCUT2D eigenvalue weighted by atomic mass is 16.5. The molecule has 0 amide bonds. The molecule has 3 atom stereocenters. The summed E-state index contributed by atoms with van der Waals surface area (Å²) in [5, 5.41) is 11.6. The lowest BCUT2D eigenvalue weighted by atomic mass is 9.67. The summed E-state index contributed by atoms with van der Waals surface area (Å²) < 4.78 is 6.37. The van der Waals surface area contributed by atoms with Gasteiger partial charge in [0.1, 0.15) is 11.9 Å². The van der Waals surface area contributed by atoms with Crippen LogP contribution < -0.4 is 4.74 Å². The third-order valence-corrected chi connectivity index (χ3v) is 6.40. The summed E-state index contributed by atoms with van der Waals surface area (Å²) in [6.45, 7) is 0. The maximum absolute atomic E-state index is 13.7. The second-order valence-corrected chi connectivity index (χ2v) is 8.09. The Morgan fingerprint density at radius 2 is 1.53 bits per heavy atom. The van der Waals surface area contributed by atoms with Gasteiger partial charge in [-0.25, -0.2) is 0 Å². The van der Waals surface area contributed by atoms with Gasteiger partial charge in [-0.2, -0.15) is 0 Å². The first-order chi connectivity index (χ1) is 14.7. The number of ketones is 1. The Kier molecular flexibility index (Phi) is 4.76. The van der Waals surface area contributed by atoms with Gasteiger partial charge in [-0.15, -0.1) is 0 Å². The summed E-state index contributed by atoms with van der Waals surface area (Å²) >= 11 is 0. The monoisotopic (exact) mass is 396 g/mol. The van der Waals surface area contributed by atoms with Crippen LogP contribution in [0, 0.1) is 0 Å². The molecule has 0 radical (unpaired) electrons. The van der Waals surface area contributed by atoms with Crippen molar-refractivity contribution in [1.82, 2.24) is 0 Å². The van der Waals surface area contributed by atoms with Gasteiger partial charge in [-0.05, 0) is 48.1 Å². The number of ether oxygens (including phenoxy) is 1. The molecule has 0 fully saturated rings. The van der Waals surface area contributed by atoms with Crippen LogP contribution in [0.3, 0.4) is 0 Å². The predicted octanol–water partition coefficient (Wildman–Crippen LogP) is 5.11. The molecule has 150 valence electrons. The van der Waals surface area contributed by atoms with Crippen molar-refractivity contribution in [2.24, 2.45) is 0 Å². The van der Waals surface area contributed by atoms with Gasteiger partial charge in [0.25, 0.3) is 0 Å². The van der Waals surface area contributed by atoms with E-state index >= 15 is 0 Å². The number of carbonyl (C=O) groups excluding carboxylic acids is 1. The smallest absolute Gasteiger partial charge is 0.213 e. The van der Waals surface area contributed by atoms with E-state index in [1.807, 2.05) is 66.7 Å². The molecule has 1 N–H and O–H groups in total. The molecule has 1 spiro atoms. The minimum atomic E-state index is -1.31. The number of aliphatic hydroxyl groups excluding tert-OH is 1. The first-order valence-electron chi connectivity index (χ1n) is 10.5. The van der Waals surface area contributed by atoms with Gasteiger partial charge in [-0.1, -0.05) is 78.9 Å². The minimum Gasteiger partial charge on any atom is -0.475 e. The van der Waals surface area contributed by atoms with Crippen molar-refractivity contribution in [2.75, 3.05) is 0 Å². The van der Waals surface area contributed by atoms with Crippen molar-refractivity contribution < 1.29 is 14.6 Å². The molecule has 0 unspecified atom stereocenters. The molecule has 5 rings (SSSR count). The molecular weight excluding hydrogens is 372 g/mol. The number of fused-ring (bicyclic) bond motifs is 1. The summed E-state index contributed by atoms with van der Waals surface area (Å²) in [7, 11) is 0. The predicted molar refractivity (Wildman–Crippen MR) is 117 cm³/mol. The number of aryl methyl sites for hydroxylation is 1. The number of allylic oxidation sites excluding steroid dienone is 1. The topological polar surface area (TPSA) is 46.5 Å². The number of hydrogen-bond acceptors (Lipinski definition) is 3. The lowest BCUT2D eigenvalue weighted by Crippen LogP contribution is -2.57. The van der Waals surface area contributed by atoms with E-state index in [0.717, 1.165) is 17.6 Å². The van der Waals surface area contributed by atoms with Gasteiger partial charge in [0.2, 0.25) is 11.4 Å². The Bertz CT molecular complexity index is 1090. The van der Waals surface area contributed by atoms with Crippen molar-refractivity contribution in [2.45, 2.75) is 36.9 Å². The molecule has 1 aliphatic carbocycles. The first kappa shape index (κ1) is 18.8. The van der Waals surface area contributed by atoms with Crippen LogP contribution in [0.15, 0.2) is 96.6 Å². The van der Waals surface area contributed by atoms with E-state index in [-0.39, 0.29) is 11.7 Å². The standard InChI is InChI=1S/C27H24O3/c28-25-21(16-15-19-9-3-1-4-10-19)17-18-23(20-11-5-2-6-12-20)27(25)26(29)22-13-7-8-14-24(22)30-27/h1-14,17,23,25,28H,15-16,18H2/t23-,25+,27+/m0/s1. The summed E-state index contributed by atoms with van der Waals surface area (Å²) in [4.78, 5) is 13.7. The largest absolute Gasteiger partial charge is 0.475 e. The van der Waals surface area contributed by atoms with Gasteiger partial charge >= 0.3 is 0 Å². The number of aliphatic hydroxyl groups is 1. The van der Waals surface area contributed by atoms with Crippen molar-refractivity contribution in [3.05, 3.63) is 113 Å². The van der Waals surface area contributed by atoms with Crippen LogP contribution in [0.2, 0.25) is 0 Å². The number of hydrogen-bond donors (Lipinski definition) is 1. The van der Waals surface area contributed by atoms with Crippen LogP contribution in [0.25, 0.3) is 0 Å². The maximum atomic E-state index is 13.7. The van der Waals surface area contributed by atoms with E-state index in [1.165, 1.54) is 5.56 Å². The van der Waals surface area contributed by atoms with Crippen LogP contribution >= 0.6 is 0 Å². The first-order valence-corrected chi connectivity index (χ1v) is 10.5. The second kappa shape index (κ2) is 7.58. The van der Waals surface area contributed by atoms with Crippen molar-refractivity contribution in [3.63, 3.8) is 0 Å². The van der Waals surface area contributed by atoms with Gasteiger partial charge in [0.05, 0.1) is 5.56 Å². The Morgan fingerprint density at radius 3 is 2.27 bits per heavy atom. The van der Waals surface area contributed by atoms with Gasteiger partial charge in [-0.3, -0.25) is 4.79 Å². The zero-order chi connectivity index (χ0) is 20.6. The summed E-state index contributed by atoms with van der Waals surface area (Å²) in [5.41, 5.74) is 2.35. The second-order valence-electron chi connectivity index (χ2n) is 8.09. The van der Waals surface area contributed by atoms with Crippen LogP contribution in [0.5, 0.6) is 5.75 Å². The number of para-hydroxylation sites is 1. The van der Waals surface area contributed by atoms with E-state index in [1.54, 1.807) is 6.07 Å². The van der Waals surface area contributed by atoms with E-state index in [0.29, 0.717) is 24.2 Å². The zero-order valence-corrected chi connectivity index (χ0v) is 16.7. The number of Topliss-reactive ketones (excluding diaryl/α,β-unsaturated/α-hetero) is 1. The fraction of sp³-hybridized carbons (Fsp3) is 0.222. The molecule has 0 saturated carbocycles. The number of carbonyl (C=O) groups is 1. The van der Waals surface area contributed by atoms with E-state index in [9.17, 15) is 9.90 Å². The molecule has 3 aromatic carbocycles. The Hall–Kier alpha value is -3.17. The van der Waals surface area contributed by atoms with E-state index < -0.39 is 11.7 Å². The van der Waals surface area contributed by atoms with E-state index in [2.05, 4.69) is 18.2 Å². The normalized spacial score (nSPS) is 25.0. The van der Waals surface area contributed by atoms with Gasteiger partial charge in [0, 0.05) is 5.92 Å². The SMILES string of the molecule is O=C1c2ccccc2O[C@]12[C@H](O)C(CCc1ccccc1)=CC[C@H]2c1ccccc1. The van der Waals surface area contributed by atoms with Crippen molar-refractivity contribution in [3.8, 4) is 5.75 Å². The molecule has 1 aliphatic heterocycles. The minimum absolute atomic E-state index is 0.121. The zero-order valence-electron chi connectivity index (χ0n) is 16.7. The fourth-order valence-electron chi connectivity index (χ4n) is 4.85. The highest BCUT2D eigenvalue weighted by Crippen LogP contribution is 2.50. The average Bonchev–Trinajstić information content (AvgIpc) is 3.09. The third-order valence-electron chi connectivity index (χ3n) is 6.40. The lowest BCUT2D eigenvalue weighted by Gasteiger charge is -2.43. The Balaban J connectivity index is 1.53. The highest BCUT2D eigenvalue weighted by Gasteiger charge is 2.60. The van der Waals surface area contributed by atoms with Gasteiger partial charge in [0.15, 0.2) is 0 Å². The number of rotatable bonds is 4. The quantitative estimate of drug-likeness (QED) is 0.624. The molecule has 0 bridgehead atoms. The lowest BCUT2D eigenvalue weighted by molar-refractivity contribution is -0.0303. The highest BCUT2D eigenvalue weighted by molar-refractivity contribution is 6.09. The van der Waals surface area contributed by atoms with E-state index in [4.69, 9.17) is 4.74 Å². The number of benzene rings is 3. The maximum Gasteiger partial charge on any atom is 0.213 e. The van der Waals surface area contributed by atoms with Crippen LogP contribution in [0.1, 0.15) is 40.2 Å². The molecule has 30 heavy (non-hydrogen) atoms. The van der Waals surface area contributed by atoms with Crippen LogP contribution in [-0.2, 0) is 6.42 Å². The third kappa shape index (κ3) is 2.98. The molecule has 0 aromatic heterocycles. The molecule has 1 heterocycles. The molecular formula is C27H24O3. The Morgan fingerprint density at radius 1 is 0.867 bits per heavy atom. The van der Waals surface area contributed by atoms with Crippen molar-refractivity contribution in [1.29, 1.82) is 0 Å². The Labute approximate surface area is 176 Å². The summed E-state index contributed by atoms with van der Waals surface area (Å²) in [6, 6.07) is 27.5. The van der Waals surface area contributed by atoms with Crippen LogP contribution in [-0.4, -0.2) is 22.6 Å². The summed E-state index contributed by atoms with van der Waals surface area (Å²) in [6.07, 6.45) is 3.29.